The van der Waals surface area contributed by atoms with E-state index >= 15 is 0 Å². The minimum Gasteiger partial charge on any atom is -0.327 e. The Labute approximate surface area is 117 Å². The van der Waals surface area contributed by atoms with Gasteiger partial charge in [0.25, 0.3) is 0 Å². The first kappa shape index (κ1) is 14.5. The van der Waals surface area contributed by atoms with Gasteiger partial charge in [-0.15, -0.1) is 0 Å². The van der Waals surface area contributed by atoms with Gasteiger partial charge in [-0.1, -0.05) is 6.92 Å². The summed E-state index contributed by atoms with van der Waals surface area (Å²) < 4.78 is 0. The quantitative estimate of drug-likeness (QED) is 0.884. The molecule has 106 valence electrons. The summed E-state index contributed by atoms with van der Waals surface area (Å²) in [6, 6.07) is 4.60. The number of aromatic nitrogens is 1. The summed E-state index contributed by atoms with van der Waals surface area (Å²) in [5, 5.41) is 0. The molecular weight excluding hydrogens is 234 g/mol. The van der Waals surface area contributed by atoms with E-state index in [-0.39, 0.29) is 0 Å². The third kappa shape index (κ3) is 4.59. The summed E-state index contributed by atoms with van der Waals surface area (Å²) in [5.74, 6) is 1.52. The molecule has 1 aliphatic carbocycles. The molecule has 0 bridgehead atoms. The van der Waals surface area contributed by atoms with E-state index in [9.17, 15) is 0 Å². The van der Waals surface area contributed by atoms with E-state index in [2.05, 4.69) is 36.0 Å². The third-order valence-corrected chi connectivity index (χ3v) is 4.38. The molecule has 3 atom stereocenters. The molecule has 3 heteroatoms. The van der Waals surface area contributed by atoms with Crippen LogP contribution in [0.2, 0.25) is 0 Å². The van der Waals surface area contributed by atoms with E-state index in [1.165, 1.54) is 24.8 Å². The van der Waals surface area contributed by atoms with Crippen LogP contribution in [0.1, 0.15) is 31.7 Å². The number of rotatable bonds is 5. The third-order valence-electron chi connectivity index (χ3n) is 4.38. The lowest BCUT2D eigenvalue weighted by molar-refractivity contribution is 0.182. The van der Waals surface area contributed by atoms with Crippen LogP contribution in [0.5, 0.6) is 0 Å². The Hall–Kier alpha value is -0.930. The fraction of sp³-hybridized carbons (Fsp3) is 0.688. The van der Waals surface area contributed by atoms with Crippen molar-refractivity contribution in [3.8, 4) is 0 Å². The molecule has 3 nitrogen and oxygen atoms in total. The maximum atomic E-state index is 6.26. The van der Waals surface area contributed by atoms with Crippen LogP contribution < -0.4 is 5.73 Å². The van der Waals surface area contributed by atoms with Crippen molar-refractivity contribution in [1.29, 1.82) is 0 Å². The van der Waals surface area contributed by atoms with Gasteiger partial charge in [0.1, 0.15) is 0 Å². The number of nitrogens with zero attached hydrogens (tertiary/aromatic N) is 2. The number of nitrogens with two attached hydrogens (primary N) is 1. The molecule has 0 aliphatic heterocycles. The largest absolute Gasteiger partial charge is 0.327 e. The van der Waals surface area contributed by atoms with E-state index in [4.69, 9.17) is 5.73 Å². The minimum absolute atomic E-state index is 0.402. The van der Waals surface area contributed by atoms with Gasteiger partial charge in [0.2, 0.25) is 0 Å². The SMILES string of the molecule is CC1CCC(N)C(CN(C)CCc2ccncc2)C1. The molecule has 19 heavy (non-hydrogen) atoms. The molecular formula is C16H27N3. The van der Waals surface area contributed by atoms with Gasteiger partial charge < -0.3 is 10.6 Å². The van der Waals surface area contributed by atoms with E-state index in [1.54, 1.807) is 0 Å². The van der Waals surface area contributed by atoms with Crippen LogP contribution in [0, 0.1) is 11.8 Å². The Morgan fingerprint density at radius 2 is 2.05 bits per heavy atom. The Morgan fingerprint density at radius 3 is 2.79 bits per heavy atom. The lowest BCUT2D eigenvalue weighted by atomic mass is 9.79. The summed E-state index contributed by atoms with van der Waals surface area (Å²) in [6.45, 7) is 4.59. The van der Waals surface area contributed by atoms with Gasteiger partial charge in [0, 0.05) is 31.5 Å². The van der Waals surface area contributed by atoms with Crippen molar-refractivity contribution in [2.75, 3.05) is 20.1 Å². The number of likely N-dealkylation sites (N-methyl/N-ethyl adjacent to an activating group) is 1. The zero-order valence-electron chi connectivity index (χ0n) is 12.3. The molecule has 1 saturated carbocycles. The second kappa shape index (κ2) is 7.01. The first-order valence-electron chi connectivity index (χ1n) is 7.48. The van der Waals surface area contributed by atoms with E-state index in [1.807, 2.05) is 12.4 Å². The molecule has 1 fully saturated rings. The molecule has 0 spiro atoms. The second-order valence-corrected chi connectivity index (χ2v) is 6.21. The van der Waals surface area contributed by atoms with Gasteiger partial charge in [0.15, 0.2) is 0 Å². The van der Waals surface area contributed by atoms with Crippen LogP contribution >= 0.6 is 0 Å². The molecule has 2 rings (SSSR count). The monoisotopic (exact) mass is 261 g/mol. The molecule has 1 aromatic rings. The Bertz CT molecular complexity index is 366. The zero-order valence-corrected chi connectivity index (χ0v) is 12.3. The molecule has 1 heterocycles. The molecule has 2 N–H and O–H groups in total. The second-order valence-electron chi connectivity index (χ2n) is 6.21. The molecule has 0 radical (unpaired) electrons. The molecule has 3 unspecified atom stereocenters. The van der Waals surface area contributed by atoms with Crippen molar-refractivity contribution in [2.45, 2.75) is 38.6 Å². The van der Waals surface area contributed by atoms with E-state index in [0.29, 0.717) is 12.0 Å². The average Bonchev–Trinajstić information content (AvgIpc) is 2.42. The normalized spacial score (nSPS) is 27.7. The highest BCUT2D eigenvalue weighted by Crippen LogP contribution is 2.28. The maximum absolute atomic E-state index is 6.26. The molecule has 1 aliphatic rings. The Morgan fingerprint density at radius 1 is 1.32 bits per heavy atom. The Kier molecular flexibility index (Phi) is 5.34. The van der Waals surface area contributed by atoms with E-state index in [0.717, 1.165) is 25.4 Å². The predicted octanol–water partition coefficient (Wildman–Crippen LogP) is 2.32. The number of hydrogen-bond donors (Lipinski definition) is 1. The average molecular weight is 261 g/mol. The summed E-state index contributed by atoms with van der Waals surface area (Å²) in [5.41, 5.74) is 7.63. The first-order chi connectivity index (χ1) is 9.15. The summed E-state index contributed by atoms with van der Waals surface area (Å²) in [4.78, 5) is 6.49. The summed E-state index contributed by atoms with van der Waals surface area (Å²) >= 11 is 0. The van der Waals surface area contributed by atoms with Gasteiger partial charge >= 0.3 is 0 Å². The van der Waals surface area contributed by atoms with Crippen LogP contribution in [0.4, 0.5) is 0 Å². The number of hydrogen-bond acceptors (Lipinski definition) is 3. The zero-order chi connectivity index (χ0) is 13.7. The van der Waals surface area contributed by atoms with Crippen LogP contribution in [0.3, 0.4) is 0 Å². The van der Waals surface area contributed by atoms with Crippen LogP contribution in [0.25, 0.3) is 0 Å². The highest BCUT2D eigenvalue weighted by atomic mass is 15.1. The van der Waals surface area contributed by atoms with Gasteiger partial charge in [0.05, 0.1) is 0 Å². The minimum atomic E-state index is 0.402. The molecule has 1 aromatic heterocycles. The standard InChI is InChI=1S/C16H27N3/c1-13-3-4-16(17)15(11-13)12-19(2)10-7-14-5-8-18-9-6-14/h5-6,8-9,13,15-16H,3-4,7,10-12,17H2,1-2H3. The van der Waals surface area contributed by atoms with Gasteiger partial charge in [-0.25, -0.2) is 0 Å². The van der Waals surface area contributed by atoms with Gasteiger partial charge in [-0.2, -0.15) is 0 Å². The van der Waals surface area contributed by atoms with Crippen molar-refractivity contribution < 1.29 is 0 Å². The summed E-state index contributed by atoms with van der Waals surface area (Å²) in [6.07, 6.45) is 8.63. The van der Waals surface area contributed by atoms with Crippen LogP contribution in [0.15, 0.2) is 24.5 Å². The van der Waals surface area contributed by atoms with Crippen molar-refractivity contribution in [3.05, 3.63) is 30.1 Å². The van der Waals surface area contributed by atoms with Crippen molar-refractivity contribution in [3.63, 3.8) is 0 Å². The lowest BCUT2D eigenvalue weighted by Crippen LogP contribution is -2.42. The van der Waals surface area contributed by atoms with Crippen molar-refractivity contribution in [1.82, 2.24) is 9.88 Å². The van der Waals surface area contributed by atoms with E-state index < -0.39 is 0 Å². The van der Waals surface area contributed by atoms with Gasteiger partial charge in [-0.05, 0) is 62.3 Å². The molecule has 0 amide bonds. The highest BCUT2D eigenvalue weighted by molar-refractivity contribution is 5.09. The van der Waals surface area contributed by atoms with Gasteiger partial charge in [-0.3, -0.25) is 4.98 Å². The van der Waals surface area contributed by atoms with Crippen LogP contribution in [-0.4, -0.2) is 36.1 Å². The highest BCUT2D eigenvalue weighted by Gasteiger charge is 2.26. The smallest absolute Gasteiger partial charge is 0.0270 e. The molecule has 0 saturated heterocycles. The Balaban J connectivity index is 1.76. The fourth-order valence-electron chi connectivity index (χ4n) is 3.09. The topological polar surface area (TPSA) is 42.1 Å². The fourth-order valence-corrected chi connectivity index (χ4v) is 3.09. The summed E-state index contributed by atoms with van der Waals surface area (Å²) in [7, 11) is 2.22. The molecule has 0 aromatic carbocycles. The van der Waals surface area contributed by atoms with Crippen molar-refractivity contribution in [2.24, 2.45) is 17.6 Å². The predicted molar refractivity (Wildman–Crippen MR) is 79.9 cm³/mol. The lowest BCUT2D eigenvalue weighted by Gasteiger charge is -2.35. The first-order valence-corrected chi connectivity index (χ1v) is 7.48. The maximum Gasteiger partial charge on any atom is 0.0270 e. The van der Waals surface area contributed by atoms with Crippen LogP contribution in [-0.2, 0) is 6.42 Å². The van der Waals surface area contributed by atoms with Crippen molar-refractivity contribution >= 4 is 0 Å². The number of pyridine rings is 1.